The van der Waals surface area contributed by atoms with Crippen LogP contribution in [0.4, 0.5) is 5.82 Å². The summed E-state index contributed by atoms with van der Waals surface area (Å²) >= 11 is 0. The Morgan fingerprint density at radius 2 is 2.00 bits per heavy atom. The van der Waals surface area contributed by atoms with Crippen molar-refractivity contribution in [1.82, 2.24) is 24.8 Å². The predicted octanol–water partition coefficient (Wildman–Crippen LogP) is 2.56. The minimum atomic E-state index is 0.103. The maximum Gasteiger partial charge on any atom is 0.222 e. The fourth-order valence-electron chi connectivity index (χ4n) is 3.72. The maximum atomic E-state index is 12.4. The number of aromatic nitrogens is 4. The number of piperidine rings is 1. The summed E-state index contributed by atoms with van der Waals surface area (Å²) in [6.07, 6.45) is 6.70. The number of aryl methyl sites for hydroxylation is 2. The van der Waals surface area contributed by atoms with Crippen LogP contribution in [0.25, 0.3) is 11.0 Å². The molecule has 28 heavy (non-hydrogen) atoms. The number of imidazole rings is 1. The van der Waals surface area contributed by atoms with E-state index in [2.05, 4.69) is 38.2 Å². The third-order valence-electron chi connectivity index (χ3n) is 5.36. The molecule has 2 aromatic heterocycles. The van der Waals surface area contributed by atoms with Gasteiger partial charge >= 0.3 is 0 Å². The fraction of sp³-hybridized carbons (Fsp3) is 0.429. The van der Waals surface area contributed by atoms with Crippen LogP contribution in [0.5, 0.6) is 0 Å². The zero-order valence-electron chi connectivity index (χ0n) is 16.2. The van der Waals surface area contributed by atoms with Crippen molar-refractivity contribution in [1.29, 1.82) is 0 Å². The zero-order valence-corrected chi connectivity index (χ0v) is 16.2. The lowest BCUT2D eigenvalue weighted by Gasteiger charge is -2.33. The Bertz CT molecular complexity index is 945. The number of nitrogens with zero attached hydrogens (tertiary/aromatic N) is 5. The Balaban J connectivity index is 1.26. The number of hydrogen-bond donors (Lipinski definition) is 1. The van der Waals surface area contributed by atoms with Crippen LogP contribution in [-0.4, -0.2) is 44.6 Å². The number of carbonyl (C=O) groups excluding carboxylic acids is 1. The summed E-state index contributed by atoms with van der Waals surface area (Å²) < 4.78 is 2.04. The Labute approximate surface area is 164 Å². The van der Waals surface area contributed by atoms with Gasteiger partial charge in [0.2, 0.25) is 5.91 Å². The largest absolute Gasteiger partial charge is 0.356 e. The highest BCUT2D eigenvalue weighted by atomic mass is 16.1. The summed E-state index contributed by atoms with van der Waals surface area (Å²) in [5.41, 5.74) is 3.10. The van der Waals surface area contributed by atoms with Gasteiger partial charge in [-0.15, -0.1) is 0 Å². The summed E-state index contributed by atoms with van der Waals surface area (Å²) in [5.74, 6) is 1.09. The number of para-hydroxylation sites is 2. The minimum absolute atomic E-state index is 0.103. The Morgan fingerprint density at radius 3 is 2.82 bits per heavy atom. The molecule has 4 rings (SSSR count). The molecule has 0 aliphatic carbocycles. The van der Waals surface area contributed by atoms with Crippen molar-refractivity contribution >= 4 is 22.8 Å². The number of rotatable bonds is 6. The van der Waals surface area contributed by atoms with Crippen molar-refractivity contribution < 1.29 is 4.79 Å². The van der Waals surface area contributed by atoms with Gasteiger partial charge in [-0.2, -0.15) is 0 Å². The van der Waals surface area contributed by atoms with Crippen LogP contribution >= 0.6 is 0 Å². The van der Waals surface area contributed by atoms with Gasteiger partial charge < -0.3 is 14.8 Å². The van der Waals surface area contributed by atoms with Crippen LogP contribution in [-0.2, 0) is 17.8 Å². The average Bonchev–Trinajstić information content (AvgIpc) is 3.16. The molecule has 0 radical (unpaired) electrons. The van der Waals surface area contributed by atoms with Crippen LogP contribution in [0.1, 0.15) is 31.9 Å². The first-order chi connectivity index (χ1) is 13.7. The maximum absolute atomic E-state index is 12.4. The van der Waals surface area contributed by atoms with Crippen LogP contribution in [0.2, 0.25) is 0 Å². The molecule has 0 saturated carbocycles. The first-order valence-electron chi connectivity index (χ1n) is 9.98. The van der Waals surface area contributed by atoms with E-state index in [1.54, 1.807) is 6.33 Å². The van der Waals surface area contributed by atoms with Crippen LogP contribution in [0.15, 0.2) is 43.0 Å². The van der Waals surface area contributed by atoms with E-state index >= 15 is 0 Å². The van der Waals surface area contributed by atoms with Gasteiger partial charge in [0, 0.05) is 43.9 Å². The van der Waals surface area contributed by atoms with E-state index in [4.69, 9.17) is 0 Å². The van der Waals surface area contributed by atoms with Gasteiger partial charge in [0.15, 0.2) is 0 Å². The number of fused-ring (bicyclic) bond motifs is 1. The quantitative estimate of drug-likeness (QED) is 0.713. The molecular weight excluding hydrogens is 352 g/mol. The lowest BCUT2D eigenvalue weighted by molar-refractivity contribution is -0.122. The van der Waals surface area contributed by atoms with E-state index in [0.29, 0.717) is 13.0 Å². The van der Waals surface area contributed by atoms with E-state index < -0.39 is 0 Å². The molecular formula is C21H26N6O. The van der Waals surface area contributed by atoms with Gasteiger partial charge in [-0.25, -0.2) is 15.0 Å². The first-order valence-corrected chi connectivity index (χ1v) is 9.98. The summed E-state index contributed by atoms with van der Waals surface area (Å²) in [5, 5.41) is 3.19. The zero-order chi connectivity index (χ0) is 19.3. The SMILES string of the molecule is CCc1cc(N2CCC(NC(=O)CCn3cnc4ccccc43)CC2)ncn1. The Kier molecular flexibility index (Phi) is 5.50. The molecule has 1 aliphatic rings. The fourth-order valence-corrected chi connectivity index (χ4v) is 3.72. The second kappa shape index (κ2) is 8.37. The van der Waals surface area contributed by atoms with Gasteiger partial charge in [0.1, 0.15) is 12.1 Å². The van der Waals surface area contributed by atoms with E-state index in [0.717, 1.165) is 54.9 Å². The number of nitrogens with one attached hydrogen (secondary N) is 1. The van der Waals surface area contributed by atoms with E-state index in [9.17, 15) is 4.79 Å². The summed E-state index contributed by atoms with van der Waals surface area (Å²) in [7, 11) is 0. The molecule has 1 saturated heterocycles. The number of carbonyl (C=O) groups is 1. The Morgan fingerprint density at radius 1 is 1.18 bits per heavy atom. The number of anilines is 1. The lowest BCUT2D eigenvalue weighted by Crippen LogP contribution is -2.45. The minimum Gasteiger partial charge on any atom is -0.356 e. The third kappa shape index (κ3) is 4.13. The molecule has 7 nitrogen and oxygen atoms in total. The predicted molar refractivity (Wildman–Crippen MR) is 109 cm³/mol. The van der Waals surface area contributed by atoms with Crippen molar-refractivity contribution in [3.63, 3.8) is 0 Å². The number of benzene rings is 1. The molecule has 1 amide bonds. The molecule has 0 atom stereocenters. The molecule has 3 heterocycles. The number of amides is 1. The third-order valence-corrected chi connectivity index (χ3v) is 5.36. The van der Waals surface area contributed by atoms with Gasteiger partial charge in [-0.1, -0.05) is 19.1 Å². The molecule has 1 aliphatic heterocycles. The van der Waals surface area contributed by atoms with Crippen LogP contribution in [0.3, 0.4) is 0 Å². The topological polar surface area (TPSA) is 75.9 Å². The molecule has 0 bridgehead atoms. The molecule has 7 heteroatoms. The lowest BCUT2D eigenvalue weighted by atomic mass is 10.0. The molecule has 1 fully saturated rings. The molecule has 0 unspecified atom stereocenters. The van der Waals surface area contributed by atoms with Crippen LogP contribution in [0, 0.1) is 0 Å². The molecule has 0 spiro atoms. The molecule has 1 aromatic carbocycles. The normalized spacial score (nSPS) is 15.1. The van der Waals surface area contributed by atoms with Crippen molar-refractivity contribution in [2.24, 2.45) is 0 Å². The smallest absolute Gasteiger partial charge is 0.222 e. The van der Waals surface area contributed by atoms with Gasteiger partial charge in [0.05, 0.1) is 17.4 Å². The molecule has 1 N–H and O–H groups in total. The van der Waals surface area contributed by atoms with E-state index in [-0.39, 0.29) is 11.9 Å². The Hall–Kier alpha value is -2.96. The summed E-state index contributed by atoms with van der Waals surface area (Å²) in [6.45, 7) is 4.54. The summed E-state index contributed by atoms with van der Waals surface area (Å²) in [4.78, 5) is 27.7. The number of hydrogen-bond acceptors (Lipinski definition) is 5. The second-order valence-corrected chi connectivity index (χ2v) is 7.23. The highest BCUT2D eigenvalue weighted by Gasteiger charge is 2.21. The van der Waals surface area contributed by atoms with Crippen LogP contribution < -0.4 is 10.2 Å². The van der Waals surface area contributed by atoms with Crippen molar-refractivity contribution in [3.05, 3.63) is 48.7 Å². The highest BCUT2D eigenvalue weighted by molar-refractivity contribution is 5.77. The van der Waals surface area contributed by atoms with Crippen molar-refractivity contribution in [3.8, 4) is 0 Å². The van der Waals surface area contributed by atoms with Gasteiger partial charge in [-0.05, 0) is 31.4 Å². The van der Waals surface area contributed by atoms with Gasteiger partial charge in [0.25, 0.3) is 0 Å². The monoisotopic (exact) mass is 378 g/mol. The van der Waals surface area contributed by atoms with Gasteiger partial charge in [-0.3, -0.25) is 4.79 Å². The second-order valence-electron chi connectivity index (χ2n) is 7.23. The summed E-state index contributed by atoms with van der Waals surface area (Å²) in [6, 6.07) is 10.3. The average molecular weight is 378 g/mol. The molecule has 3 aromatic rings. The highest BCUT2D eigenvalue weighted by Crippen LogP contribution is 2.18. The van der Waals surface area contributed by atoms with E-state index in [1.165, 1.54) is 0 Å². The first kappa shape index (κ1) is 18.4. The molecule has 146 valence electrons. The van der Waals surface area contributed by atoms with E-state index in [1.807, 2.05) is 35.2 Å². The van der Waals surface area contributed by atoms with Crippen molar-refractivity contribution in [2.75, 3.05) is 18.0 Å². The standard InChI is InChI=1S/C21H26N6O/c1-2-16-13-20(23-14-22-16)26-10-7-17(8-11-26)25-21(28)9-12-27-15-24-18-5-3-4-6-19(18)27/h3-6,13-15,17H,2,7-12H2,1H3,(H,25,28). The van der Waals surface area contributed by atoms with Crippen molar-refractivity contribution in [2.45, 2.75) is 45.2 Å².